The fraction of sp³-hybridized carbons (Fsp3) is 0.659. The van der Waals surface area contributed by atoms with Gasteiger partial charge in [0, 0.05) is 75.7 Å². The molecular formula is C82H124FN13O18S. The van der Waals surface area contributed by atoms with Crippen molar-refractivity contribution in [2.24, 2.45) is 35.0 Å². The number of nitrogens with zero attached hydrogens (tertiary/aromatic N) is 3. The molecule has 638 valence electrons. The number of alkyl carbamates (subject to hydrolysis) is 2. The van der Waals surface area contributed by atoms with Gasteiger partial charge < -0.3 is 92.0 Å². The van der Waals surface area contributed by atoms with Gasteiger partial charge in [0.1, 0.15) is 28.6 Å². The third kappa shape index (κ3) is 34.7. The summed E-state index contributed by atoms with van der Waals surface area (Å²) in [6, 6.07) is 8.98. The van der Waals surface area contributed by atoms with Crippen LogP contribution in [0.15, 0.2) is 53.9 Å². The number of anilines is 1. The molecule has 1 aliphatic heterocycles. The summed E-state index contributed by atoms with van der Waals surface area (Å²) in [5, 5.41) is 35.8. The van der Waals surface area contributed by atoms with Crippen LogP contribution in [0.4, 0.5) is 19.7 Å². The molecule has 33 heteroatoms. The van der Waals surface area contributed by atoms with E-state index in [1.54, 1.807) is 41.3 Å². The van der Waals surface area contributed by atoms with Crippen molar-refractivity contribution < 1.29 is 90.7 Å². The molecule has 3 aromatic rings. The molecule has 0 bridgehead atoms. The summed E-state index contributed by atoms with van der Waals surface area (Å²) in [6.07, 6.45) is 7.65. The molecule has 6 rings (SSSR count). The van der Waals surface area contributed by atoms with E-state index in [0.29, 0.717) is 101 Å². The van der Waals surface area contributed by atoms with E-state index in [1.165, 1.54) is 31.4 Å². The van der Waals surface area contributed by atoms with Crippen molar-refractivity contribution in [1.29, 1.82) is 0 Å². The zero-order chi connectivity index (χ0) is 83.7. The molecule has 2 heterocycles. The first-order valence-electron chi connectivity index (χ1n) is 40.6. The van der Waals surface area contributed by atoms with Gasteiger partial charge in [-0.15, -0.1) is 23.2 Å². The summed E-state index contributed by atoms with van der Waals surface area (Å²) in [5.41, 5.74) is 5.38. The second-order valence-corrected chi connectivity index (χ2v) is 31.5. The quantitative estimate of drug-likeness (QED) is 0.0172. The number of halogens is 1. The van der Waals surface area contributed by atoms with Gasteiger partial charge in [-0.2, -0.15) is 0 Å². The number of carboxylic acids is 1. The van der Waals surface area contributed by atoms with Crippen molar-refractivity contribution >= 4 is 82.4 Å². The fourth-order valence-electron chi connectivity index (χ4n) is 13.9. The van der Waals surface area contributed by atoms with Crippen LogP contribution in [0.2, 0.25) is 0 Å². The van der Waals surface area contributed by atoms with Crippen LogP contribution in [0, 0.1) is 52.7 Å². The molecule has 1 saturated heterocycles. The number of nitrogens with two attached hydrogens (primary N) is 1. The fourth-order valence-corrected chi connectivity index (χ4v) is 14.7. The van der Waals surface area contributed by atoms with E-state index < -0.39 is 121 Å². The van der Waals surface area contributed by atoms with Crippen LogP contribution in [-0.2, 0) is 79.6 Å². The Morgan fingerprint density at radius 2 is 1.34 bits per heavy atom. The molecule has 2 aromatic carbocycles. The predicted octanol–water partition coefficient (Wildman–Crippen LogP) is 6.13. The van der Waals surface area contributed by atoms with E-state index in [9.17, 15) is 57.4 Å². The molecule has 10 amide bonds. The van der Waals surface area contributed by atoms with Crippen molar-refractivity contribution in [3.63, 3.8) is 0 Å². The number of likely N-dealkylation sites (N-methyl/N-ethyl adjacent to an activating group) is 1. The highest BCUT2D eigenvalue weighted by Crippen LogP contribution is 2.52. The maximum Gasteiger partial charge on any atom is 0.407 e. The van der Waals surface area contributed by atoms with E-state index in [1.807, 2.05) is 39.6 Å². The highest BCUT2D eigenvalue weighted by atomic mass is 32.1. The van der Waals surface area contributed by atoms with Crippen LogP contribution in [0.1, 0.15) is 178 Å². The number of nitrogen functional groups attached to an aromatic ring is 1. The Kier molecular flexibility index (Phi) is 42.1. The maximum atomic E-state index is 15.4. The molecule has 3 aliphatic rings. The van der Waals surface area contributed by atoms with Crippen molar-refractivity contribution in [1.82, 2.24) is 62.6 Å². The van der Waals surface area contributed by atoms with Crippen LogP contribution in [0.5, 0.6) is 0 Å². The minimum atomic E-state index is -1.33. The van der Waals surface area contributed by atoms with Gasteiger partial charge in [-0.3, -0.25) is 48.1 Å². The number of hydrogen-bond acceptors (Lipinski definition) is 21. The third-order valence-corrected chi connectivity index (χ3v) is 21.8. The highest BCUT2D eigenvalue weighted by Gasteiger charge is 2.49. The molecule has 115 heavy (non-hydrogen) atoms. The summed E-state index contributed by atoms with van der Waals surface area (Å²) in [5.74, 6) is 1.21. The number of rotatable bonds is 53. The van der Waals surface area contributed by atoms with E-state index in [0.717, 1.165) is 75.7 Å². The van der Waals surface area contributed by atoms with Gasteiger partial charge in [0.05, 0.1) is 96.2 Å². The number of aromatic nitrogens is 1. The lowest BCUT2D eigenvalue weighted by Gasteiger charge is -2.40. The normalized spacial score (nSPS) is 17.4. The minimum Gasteiger partial charge on any atom is -0.481 e. The lowest BCUT2D eigenvalue weighted by atomic mass is 9.84. The number of benzene rings is 2. The number of fused-ring (bicyclic) bond motifs is 1. The van der Waals surface area contributed by atoms with Gasteiger partial charge in [0.25, 0.3) is 5.91 Å². The van der Waals surface area contributed by atoms with Crippen molar-refractivity contribution in [3.05, 3.63) is 81.6 Å². The first-order valence-corrected chi connectivity index (χ1v) is 41.4. The second kappa shape index (κ2) is 51.1. The number of thiazole rings is 1. The molecule has 31 nitrogen and oxygen atoms in total. The van der Waals surface area contributed by atoms with Crippen molar-refractivity contribution in [2.45, 2.75) is 194 Å². The number of carbonyl (C=O) groups is 11. The number of likely N-dealkylation sites (tertiary alicyclic amines) is 1. The number of ether oxygens (including phenoxy) is 6. The van der Waals surface area contributed by atoms with Crippen molar-refractivity contribution in [3.8, 4) is 11.8 Å². The Morgan fingerprint density at radius 3 is 1.99 bits per heavy atom. The van der Waals surface area contributed by atoms with Gasteiger partial charge >= 0.3 is 18.2 Å². The summed E-state index contributed by atoms with van der Waals surface area (Å²) >= 11 is 1.02. The van der Waals surface area contributed by atoms with Crippen LogP contribution in [-0.4, -0.2) is 234 Å². The smallest absolute Gasteiger partial charge is 0.407 e. The topological polar surface area (TPSA) is 417 Å². The van der Waals surface area contributed by atoms with E-state index in [4.69, 9.17) is 39.1 Å². The number of unbranched alkanes of at least 4 members (excludes halogenated alkanes) is 3. The lowest BCUT2D eigenvalue weighted by Crippen LogP contribution is -2.59. The van der Waals surface area contributed by atoms with Crippen molar-refractivity contribution in [2.75, 3.05) is 125 Å². The number of aliphatic carboxylic acids is 1. The monoisotopic (exact) mass is 1630 g/mol. The number of piperidine rings is 1. The van der Waals surface area contributed by atoms with Gasteiger partial charge in [-0.25, -0.2) is 19.0 Å². The second-order valence-electron chi connectivity index (χ2n) is 30.6. The zero-order valence-electron chi connectivity index (χ0n) is 68.2. The molecule has 10 atom stereocenters. The van der Waals surface area contributed by atoms with E-state index in [-0.39, 0.29) is 105 Å². The van der Waals surface area contributed by atoms with Crippen LogP contribution in [0.3, 0.4) is 0 Å². The van der Waals surface area contributed by atoms with Gasteiger partial charge in [-0.1, -0.05) is 103 Å². The highest BCUT2D eigenvalue weighted by molar-refractivity contribution is 7.09. The van der Waals surface area contributed by atoms with Gasteiger partial charge in [0.2, 0.25) is 41.4 Å². The molecule has 0 spiro atoms. The minimum absolute atomic E-state index is 0.00795. The molecule has 0 radical (unpaired) electrons. The Bertz CT molecular complexity index is 3640. The van der Waals surface area contributed by atoms with E-state index >= 15 is 4.79 Å². The average Bonchev–Trinajstić information content (AvgIpc) is 1.63. The summed E-state index contributed by atoms with van der Waals surface area (Å²) in [6.45, 7) is 15.0. The van der Waals surface area contributed by atoms with Crippen LogP contribution >= 0.6 is 11.3 Å². The predicted molar refractivity (Wildman–Crippen MR) is 430 cm³/mol. The molecule has 1 aromatic heterocycles. The largest absolute Gasteiger partial charge is 0.481 e. The Balaban J connectivity index is 0.965. The first kappa shape index (κ1) is 94.8. The SMILES string of the molecule is CCCCCCN(C(=O)[C@@H](NC(=O)[C@H]1CCCCN1C)[C@@H](C)CC)[C@H](C[C@@H](OC(=O)NCCNC(=O)CNC(=O)[C@H](Cc1ccccc1)NC(=O)CNC(=O)CNC(=O)CCOCCOCCOCCOCCNC(=O)OC[C@@H]1[C@@H]2CCC#CCC[C@@H]21)c1nc(C(=O)N[C@@H](Cc2ccc(N)c(F)c2)CC(C)(C)C(=O)O)cs1)C(C)C. The number of amides is 10. The summed E-state index contributed by atoms with van der Waals surface area (Å²) in [4.78, 5) is 156. The Labute approximate surface area is 679 Å². The number of nitrogens with one attached hydrogen (secondary N) is 9. The number of carbonyl (C=O) groups excluding carboxylic acids is 10. The molecular weight excluding hydrogens is 1510 g/mol. The molecule has 12 N–H and O–H groups in total. The molecule has 0 unspecified atom stereocenters. The van der Waals surface area contributed by atoms with E-state index in [2.05, 4.69) is 66.6 Å². The van der Waals surface area contributed by atoms with Crippen LogP contribution < -0.4 is 53.6 Å². The third-order valence-electron chi connectivity index (χ3n) is 20.8. The average molecular weight is 1630 g/mol. The molecule has 2 aliphatic carbocycles. The number of carboxylic acid groups (broad SMARTS) is 1. The maximum absolute atomic E-state index is 15.4. The standard InChI is InChI=1S/C82H124FN13O18S/c1-9-11-12-21-35-96(78(104)73(55(5)10-2)94-76(103)66-27-20-22-34-95(66)8)67(54(3)4)47-68(77-93-65(53-115-77)75(102)91-58(48-82(6,7)79(105)106)44-57-28-29-63(84)62(83)45-57)114-81(108)86-32-31-85-70(98)50-90-74(101)64(46-56-23-16-15-17-24-56)92-72(100)51-89-71(99)49-88-69(97)30-36-109-38-40-111-42-43-112-41-39-110-37-33-87-80(107)113-52-61-59-25-18-13-14-19-26-60(59)61/h15-17,23-24,28-29,45,53-55,58-61,64,66-68,73H,9-12,18-22,25-27,30-44,46-52,84H2,1-8H3,(H,85,98)(H,86,108)(H,87,107)(H,88,97)(H,89,99)(H,90,101)(H,91,102)(H,92,100)(H,94,103)(H,105,106)/t55-,58-,59-,60+,61-,64-,66+,67+,68+,73-/m0/s1. The molecule has 1 saturated carbocycles. The zero-order valence-corrected chi connectivity index (χ0v) is 69.0. The summed E-state index contributed by atoms with van der Waals surface area (Å²) < 4.78 is 48.3. The van der Waals surface area contributed by atoms with Gasteiger partial charge in [0.15, 0.2) is 6.10 Å². The van der Waals surface area contributed by atoms with Gasteiger partial charge in [-0.05, 0) is 125 Å². The van der Waals surface area contributed by atoms with Crippen LogP contribution in [0.25, 0.3) is 0 Å². The molecule has 2 fully saturated rings. The first-order chi connectivity index (χ1) is 55.2. The Hall–Kier alpha value is -9.07. The lowest BCUT2D eigenvalue weighted by molar-refractivity contribution is -0.147. The number of hydrogen-bond donors (Lipinski definition) is 11. The summed E-state index contributed by atoms with van der Waals surface area (Å²) in [7, 11) is 1.91. The Morgan fingerprint density at radius 1 is 0.704 bits per heavy atom.